The Hall–Kier alpha value is -8.72. The Balaban J connectivity index is 1.22. The van der Waals surface area contributed by atoms with Crippen molar-refractivity contribution in [3.05, 3.63) is 265 Å². The van der Waals surface area contributed by atoms with Crippen LogP contribution < -0.4 is 9.80 Å². The quantitative estimate of drug-likeness (QED) is 0.126. The summed E-state index contributed by atoms with van der Waals surface area (Å²) in [6.45, 7) is 11.5. The summed E-state index contributed by atoms with van der Waals surface area (Å²) in [7, 11) is 0. The maximum atomic E-state index is 2.54. The average Bonchev–Trinajstić information content (AvgIpc) is 3.43. The van der Waals surface area contributed by atoms with E-state index in [0.717, 1.165) is 45.3 Å². The van der Waals surface area contributed by atoms with Crippen LogP contribution in [0.25, 0.3) is 76.8 Å². The first-order valence-corrected chi connectivity index (χ1v) is 25.2. The number of hydrogen-bond acceptors (Lipinski definition) is 2. The number of hydrogen-bond donors (Lipinski definition) is 0. The molecule has 12 aromatic carbocycles. The molecule has 0 radical (unpaired) electrons. The highest BCUT2D eigenvalue weighted by Crippen LogP contribution is 2.53. The SMILES string of the molecule is Cc1c(-c2ccccc2)cccc1N(c1cccc(-c2ccccc2)c1)c1cc(N(c2cccc(-c3ccccc3)c2)c2cccc(-c3ccccc3)c2C)c2ccc3cc(C(C)(C)C)cc4ccc1c2c43. The Labute approximate surface area is 424 Å². The number of anilines is 6. The highest BCUT2D eigenvalue weighted by atomic mass is 15.2. The molecule has 2 nitrogen and oxygen atoms in total. The van der Waals surface area contributed by atoms with Gasteiger partial charge in [0.25, 0.3) is 0 Å². The summed E-state index contributed by atoms with van der Waals surface area (Å²) in [5.74, 6) is 0. The normalized spacial score (nSPS) is 11.7. The first kappa shape index (κ1) is 44.5. The molecule has 0 aliphatic carbocycles. The minimum Gasteiger partial charge on any atom is -0.309 e. The smallest absolute Gasteiger partial charge is 0.0561 e. The summed E-state index contributed by atoms with van der Waals surface area (Å²) in [5, 5.41) is 7.41. The lowest BCUT2D eigenvalue weighted by molar-refractivity contribution is 0.591. The van der Waals surface area contributed by atoms with E-state index in [1.807, 2.05) is 0 Å². The highest BCUT2D eigenvalue weighted by Gasteiger charge is 2.28. The summed E-state index contributed by atoms with van der Waals surface area (Å²) >= 11 is 0. The Kier molecular flexibility index (Phi) is 11.3. The Morgan fingerprint density at radius 1 is 0.292 bits per heavy atom. The van der Waals surface area contributed by atoms with E-state index >= 15 is 0 Å². The molecule has 0 amide bonds. The van der Waals surface area contributed by atoms with E-state index in [1.165, 1.54) is 82.4 Å². The van der Waals surface area contributed by atoms with E-state index in [0.29, 0.717) is 0 Å². The molecule has 0 saturated carbocycles. The van der Waals surface area contributed by atoms with Gasteiger partial charge >= 0.3 is 0 Å². The standard InChI is InChI=1S/C70H56N2/c1-47-60(51-26-14-8-15-27-51)34-20-36-64(47)71(58-32-18-30-53(44-58)49-22-10-6-11-23-49)66-46-67(63-41-39-56-43-57(70(3,4)5)42-55-38-40-62(66)69(63)68(55)56)72(59-33-19-31-54(45-59)50-24-12-7-13-25-50)65-37-21-35-61(48(65)2)52-28-16-9-17-29-52/h6-46H,1-5H3. The second kappa shape index (κ2) is 18.2. The summed E-state index contributed by atoms with van der Waals surface area (Å²) in [4.78, 5) is 5.08. The third-order valence-corrected chi connectivity index (χ3v) is 14.7. The summed E-state index contributed by atoms with van der Waals surface area (Å²) in [6.07, 6.45) is 0. The summed E-state index contributed by atoms with van der Waals surface area (Å²) < 4.78 is 0. The second-order valence-corrected chi connectivity index (χ2v) is 20.2. The predicted octanol–water partition coefficient (Wildman–Crippen LogP) is 20.1. The van der Waals surface area contributed by atoms with Gasteiger partial charge in [-0.25, -0.2) is 0 Å². The van der Waals surface area contributed by atoms with E-state index in [2.05, 4.69) is 293 Å². The first-order valence-electron chi connectivity index (χ1n) is 25.2. The molecule has 12 aromatic rings. The third-order valence-electron chi connectivity index (χ3n) is 14.7. The van der Waals surface area contributed by atoms with Gasteiger partial charge in [0.05, 0.1) is 11.4 Å². The van der Waals surface area contributed by atoms with E-state index in [1.54, 1.807) is 0 Å². The fourth-order valence-corrected chi connectivity index (χ4v) is 11.0. The number of benzene rings is 12. The molecule has 72 heavy (non-hydrogen) atoms. The zero-order valence-electron chi connectivity index (χ0n) is 41.6. The van der Waals surface area contributed by atoms with Crippen molar-refractivity contribution in [3.63, 3.8) is 0 Å². The maximum Gasteiger partial charge on any atom is 0.0561 e. The second-order valence-electron chi connectivity index (χ2n) is 20.2. The van der Waals surface area contributed by atoms with E-state index < -0.39 is 0 Å². The molecule has 0 fully saturated rings. The van der Waals surface area contributed by atoms with Crippen LogP contribution in [-0.2, 0) is 5.41 Å². The molecule has 0 saturated heterocycles. The van der Waals surface area contributed by atoms with Crippen LogP contribution in [0.1, 0.15) is 37.5 Å². The van der Waals surface area contributed by atoms with Gasteiger partial charge in [-0.15, -0.1) is 0 Å². The van der Waals surface area contributed by atoms with Crippen LogP contribution in [0, 0.1) is 13.8 Å². The van der Waals surface area contributed by atoms with Crippen molar-refractivity contribution in [1.29, 1.82) is 0 Å². The third kappa shape index (κ3) is 7.96. The van der Waals surface area contributed by atoms with Crippen molar-refractivity contribution < 1.29 is 0 Å². The van der Waals surface area contributed by atoms with Gasteiger partial charge in [0.15, 0.2) is 0 Å². The van der Waals surface area contributed by atoms with Crippen LogP contribution in [0.5, 0.6) is 0 Å². The van der Waals surface area contributed by atoms with Crippen LogP contribution in [0.2, 0.25) is 0 Å². The molecule has 346 valence electrons. The zero-order valence-corrected chi connectivity index (χ0v) is 41.6. The van der Waals surface area contributed by atoms with Crippen molar-refractivity contribution in [2.24, 2.45) is 0 Å². The minimum absolute atomic E-state index is 0.0233. The minimum atomic E-state index is -0.0233. The largest absolute Gasteiger partial charge is 0.309 e. The van der Waals surface area contributed by atoms with E-state index in [9.17, 15) is 0 Å². The molecule has 0 aliphatic heterocycles. The molecule has 0 N–H and O–H groups in total. The van der Waals surface area contributed by atoms with Gasteiger partial charge < -0.3 is 9.80 Å². The molecular weight excluding hydrogens is 869 g/mol. The van der Waals surface area contributed by atoms with Gasteiger partial charge in [0, 0.05) is 38.9 Å². The van der Waals surface area contributed by atoms with Crippen molar-refractivity contribution in [1.82, 2.24) is 0 Å². The van der Waals surface area contributed by atoms with Crippen LogP contribution in [0.3, 0.4) is 0 Å². The fourth-order valence-electron chi connectivity index (χ4n) is 11.0. The molecule has 0 spiro atoms. The molecule has 12 rings (SSSR count). The molecular formula is C70H56N2. The number of rotatable bonds is 10. The lowest BCUT2D eigenvalue weighted by atomic mass is 9.83. The fraction of sp³-hybridized carbons (Fsp3) is 0.0857. The van der Waals surface area contributed by atoms with Gasteiger partial charge in [0.1, 0.15) is 0 Å². The van der Waals surface area contributed by atoms with Crippen LogP contribution in [-0.4, -0.2) is 0 Å². The van der Waals surface area contributed by atoms with Crippen LogP contribution in [0.4, 0.5) is 34.1 Å². The Morgan fingerprint density at radius 3 is 1.07 bits per heavy atom. The van der Waals surface area contributed by atoms with Gasteiger partial charge in [0.2, 0.25) is 0 Å². The van der Waals surface area contributed by atoms with Crippen molar-refractivity contribution >= 4 is 66.4 Å². The van der Waals surface area contributed by atoms with E-state index in [-0.39, 0.29) is 5.41 Å². The Morgan fingerprint density at radius 2 is 0.667 bits per heavy atom. The number of nitrogens with zero attached hydrogens (tertiary/aromatic N) is 2. The first-order chi connectivity index (χ1) is 35.2. The zero-order chi connectivity index (χ0) is 48.9. The van der Waals surface area contributed by atoms with Crippen molar-refractivity contribution in [3.8, 4) is 44.5 Å². The molecule has 0 atom stereocenters. The lowest BCUT2D eigenvalue weighted by Gasteiger charge is -2.34. The van der Waals surface area contributed by atoms with Crippen LogP contribution >= 0.6 is 0 Å². The monoisotopic (exact) mass is 924 g/mol. The summed E-state index contributed by atoms with van der Waals surface area (Å²) in [6, 6.07) is 91.8. The van der Waals surface area contributed by atoms with Gasteiger partial charge in [-0.2, -0.15) is 0 Å². The van der Waals surface area contributed by atoms with Crippen LogP contribution in [0.15, 0.2) is 249 Å². The van der Waals surface area contributed by atoms with Crippen molar-refractivity contribution in [2.45, 2.75) is 40.0 Å². The molecule has 0 bridgehead atoms. The average molecular weight is 925 g/mol. The topological polar surface area (TPSA) is 6.48 Å². The van der Waals surface area contributed by atoms with Gasteiger partial charge in [-0.05, 0) is 139 Å². The summed E-state index contributed by atoms with van der Waals surface area (Å²) in [5.41, 5.74) is 19.8. The lowest BCUT2D eigenvalue weighted by Crippen LogP contribution is -2.16. The molecule has 0 aromatic heterocycles. The highest BCUT2D eigenvalue weighted by molar-refractivity contribution is 6.29. The van der Waals surface area contributed by atoms with E-state index in [4.69, 9.17) is 0 Å². The van der Waals surface area contributed by atoms with Crippen molar-refractivity contribution in [2.75, 3.05) is 9.80 Å². The molecule has 0 unspecified atom stereocenters. The molecule has 2 heteroatoms. The van der Waals surface area contributed by atoms with Gasteiger partial charge in [-0.1, -0.05) is 227 Å². The maximum absolute atomic E-state index is 2.54. The predicted molar refractivity (Wildman–Crippen MR) is 309 cm³/mol. The molecule has 0 aliphatic rings. The Bertz CT molecular complexity index is 3660. The van der Waals surface area contributed by atoms with Gasteiger partial charge in [-0.3, -0.25) is 0 Å². The molecule has 0 heterocycles.